The third-order valence-corrected chi connectivity index (χ3v) is 8.95. The molecule has 8 nitrogen and oxygen atoms in total. The zero-order valence-electron chi connectivity index (χ0n) is 24.5. The number of anilines is 1. The van der Waals surface area contributed by atoms with Crippen molar-refractivity contribution >= 4 is 39.3 Å². The SMILES string of the molecule is CCOc1ccccc1N(CC(=O)N(Cc1ccc(C)cc1)C(C)C(=O)NC(C)C)S(=O)(=O)c1ccc(SC)cc1. The number of ether oxygens (including phenoxy) is 1. The fourth-order valence-electron chi connectivity index (χ4n) is 4.21. The van der Waals surface area contributed by atoms with Crippen LogP contribution in [0.5, 0.6) is 5.75 Å². The quantitative estimate of drug-likeness (QED) is 0.270. The highest BCUT2D eigenvalue weighted by molar-refractivity contribution is 7.98. The molecule has 0 fully saturated rings. The Bertz CT molecular complexity index is 1420. The van der Waals surface area contributed by atoms with Crippen molar-refractivity contribution in [2.24, 2.45) is 0 Å². The molecular weight excluding hydrogens is 558 g/mol. The molecule has 1 N–H and O–H groups in total. The smallest absolute Gasteiger partial charge is 0.264 e. The van der Waals surface area contributed by atoms with Gasteiger partial charge in [-0.3, -0.25) is 13.9 Å². The van der Waals surface area contributed by atoms with Gasteiger partial charge in [0.25, 0.3) is 10.0 Å². The van der Waals surface area contributed by atoms with E-state index in [2.05, 4.69) is 5.32 Å². The Labute approximate surface area is 248 Å². The minimum Gasteiger partial charge on any atom is -0.492 e. The van der Waals surface area contributed by atoms with Crippen LogP contribution in [0, 0.1) is 6.92 Å². The molecule has 220 valence electrons. The van der Waals surface area contributed by atoms with Crippen LogP contribution in [0.4, 0.5) is 5.69 Å². The number of hydrogen-bond acceptors (Lipinski definition) is 6. The maximum Gasteiger partial charge on any atom is 0.264 e. The van der Waals surface area contributed by atoms with E-state index in [1.54, 1.807) is 50.2 Å². The van der Waals surface area contributed by atoms with E-state index in [9.17, 15) is 18.0 Å². The third kappa shape index (κ3) is 8.27. The van der Waals surface area contributed by atoms with Crippen LogP contribution < -0.4 is 14.4 Å². The minimum absolute atomic E-state index is 0.0464. The summed E-state index contributed by atoms with van der Waals surface area (Å²) in [5, 5.41) is 2.86. The van der Waals surface area contributed by atoms with Crippen molar-refractivity contribution in [2.45, 2.75) is 63.0 Å². The molecule has 0 aliphatic heterocycles. The predicted molar refractivity (Wildman–Crippen MR) is 165 cm³/mol. The van der Waals surface area contributed by atoms with Crippen molar-refractivity contribution in [3.63, 3.8) is 0 Å². The molecule has 0 bridgehead atoms. The zero-order valence-corrected chi connectivity index (χ0v) is 26.1. The topological polar surface area (TPSA) is 96.0 Å². The Kier molecular flexibility index (Phi) is 11.3. The van der Waals surface area contributed by atoms with Gasteiger partial charge in [0.05, 0.1) is 17.2 Å². The largest absolute Gasteiger partial charge is 0.492 e. The summed E-state index contributed by atoms with van der Waals surface area (Å²) in [7, 11) is -4.20. The van der Waals surface area contributed by atoms with Gasteiger partial charge in [0.1, 0.15) is 18.3 Å². The number of nitrogens with one attached hydrogen (secondary N) is 1. The maximum atomic E-state index is 14.1. The molecule has 0 aliphatic rings. The van der Waals surface area contributed by atoms with Crippen LogP contribution in [0.15, 0.2) is 82.6 Å². The molecule has 0 heterocycles. The van der Waals surface area contributed by atoms with Crippen molar-refractivity contribution in [1.82, 2.24) is 10.2 Å². The Morgan fingerprint density at radius 2 is 1.59 bits per heavy atom. The summed E-state index contributed by atoms with van der Waals surface area (Å²) in [5.41, 5.74) is 2.13. The van der Waals surface area contributed by atoms with Crippen molar-refractivity contribution in [1.29, 1.82) is 0 Å². The lowest BCUT2D eigenvalue weighted by molar-refractivity contribution is -0.139. The van der Waals surface area contributed by atoms with E-state index in [1.165, 1.54) is 28.8 Å². The Balaban J connectivity index is 2.08. The van der Waals surface area contributed by atoms with E-state index in [1.807, 2.05) is 51.3 Å². The summed E-state index contributed by atoms with van der Waals surface area (Å²) in [6.07, 6.45) is 1.91. The number of sulfonamides is 1. The van der Waals surface area contributed by atoms with Crippen LogP contribution in [0.3, 0.4) is 0 Å². The van der Waals surface area contributed by atoms with E-state index >= 15 is 0 Å². The molecule has 0 saturated heterocycles. The summed E-state index contributed by atoms with van der Waals surface area (Å²) < 4.78 is 35.0. The molecule has 3 aromatic carbocycles. The number of carbonyl (C=O) groups excluding carboxylic acids is 2. The van der Waals surface area contributed by atoms with E-state index < -0.39 is 28.5 Å². The molecule has 41 heavy (non-hydrogen) atoms. The number of para-hydroxylation sites is 2. The van der Waals surface area contributed by atoms with Gasteiger partial charge in [-0.25, -0.2) is 8.42 Å². The van der Waals surface area contributed by atoms with Crippen molar-refractivity contribution < 1.29 is 22.7 Å². The Morgan fingerprint density at radius 3 is 2.17 bits per heavy atom. The molecule has 0 aliphatic carbocycles. The zero-order chi connectivity index (χ0) is 30.2. The fraction of sp³-hybridized carbons (Fsp3) is 0.355. The first-order valence-corrected chi connectivity index (χ1v) is 16.2. The summed E-state index contributed by atoms with van der Waals surface area (Å²) >= 11 is 1.50. The number of carbonyl (C=O) groups is 2. The fourth-order valence-corrected chi connectivity index (χ4v) is 6.04. The molecule has 0 radical (unpaired) electrons. The van der Waals surface area contributed by atoms with Crippen molar-refractivity contribution in [3.05, 3.63) is 83.9 Å². The molecule has 1 atom stereocenters. The van der Waals surface area contributed by atoms with Gasteiger partial charge in [-0.15, -0.1) is 11.8 Å². The number of benzene rings is 3. The van der Waals surface area contributed by atoms with Crippen molar-refractivity contribution in [3.8, 4) is 5.75 Å². The second kappa shape index (κ2) is 14.4. The van der Waals surface area contributed by atoms with Crippen LogP contribution >= 0.6 is 11.8 Å². The van der Waals surface area contributed by atoms with E-state index in [4.69, 9.17) is 4.74 Å². The Hall–Kier alpha value is -3.50. The summed E-state index contributed by atoms with van der Waals surface area (Å²) in [4.78, 5) is 29.5. The first-order chi connectivity index (χ1) is 19.5. The van der Waals surface area contributed by atoms with E-state index in [0.29, 0.717) is 12.4 Å². The number of nitrogens with zero attached hydrogens (tertiary/aromatic N) is 2. The monoisotopic (exact) mass is 597 g/mol. The van der Waals surface area contributed by atoms with Crippen LogP contribution in [0.1, 0.15) is 38.8 Å². The lowest BCUT2D eigenvalue weighted by atomic mass is 10.1. The summed E-state index contributed by atoms with van der Waals surface area (Å²) in [5.74, 6) is -0.507. The lowest BCUT2D eigenvalue weighted by Crippen LogP contribution is -2.52. The number of amides is 2. The average Bonchev–Trinajstić information content (AvgIpc) is 2.95. The predicted octanol–water partition coefficient (Wildman–Crippen LogP) is 5.25. The first kappa shape index (κ1) is 32.0. The molecule has 1 unspecified atom stereocenters. The molecule has 0 saturated carbocycles. The summed E-state index contributed by atoms with van der Waals surface area (Å²) in [6.45, 7) is 9.04. The summed E-state index contributed by atoms with van der Waals surface area (Å²) in [6, 6.07) is 20.0. The number of hydrogen-bond donors (Lipinski definition) is 1. The molecule has 3 aromatic rings. The van der Waals surface area contributed by atoms with Gasteiger partial charge in [0.2, 0.25) is 11.8 Å². The van der Waals surface area contributed by atoms with Crippen molar-refractivity contribution in [2.75, 3.05) is 23.7 Å². The number of aryl methyl sites for hydroxylation is 1. The molecule has 0 spiro atoms. The highest BCUT2D eigenvalue weighted by atomic mass is 32.2. The van der Waals surface area contributed by atoms with Gasteiger partial charge in [-0.1, -0.05) is 42.0 Å². The highest BCUT2D eigenvalue weighted by Gasteiger charge is 2.34. The molecule has 2 amide bonds. The third-order valence-electron chi connectivity index (χ3n) is 6.43. The normalized spacial score (nSPS) is 12.1. The molecule has 3 rings (SSSR count). The second-order valence-electron chi connectivity index (χ2n) is 9.93. The minimum atomic E-state index is -4.20. The van der Waals surface area contributed by atoms with Gasteiger partial charge >= 0.3 is 0 Å². The van der Waals surface area contributed by atoms with E-state index in [0.717, 1.165) is 20.3 Å². The second-order valence-corrected chi connectivity index (χ2v) is 12.7. The van der Waals surface area contributed by atoms with Gasteiger partial charge in [-0.05, 0) is 82.8 Å². The molecule has 0 aromatic heterocycles. The number of rotatable bonds is 13. The van der Waals surface area contributed by atoms with E-state index in [-0.39, 0.29) is 29.1 Å². The van der Waals surface area contributed by atoms with Crippen LogP contribution in [-0.2, 0) is 26.2 Å². The van der Waals surface area contributed by atoms with Gasteiger partial charge < -0.3 is 15.0 Å². The van der Waals surface area contributed by atoms with Crippen LogP contribution in [0.25, 0.3) is 0 Å². The maximum absolute atomic E-state index is 14.1. The molecule has 10 heteroatoms. The van der Waals surface area contributed by atoms with Crippen LogP contribution in [-0.4, -0.2) is 56.6 Å². The van der Waals surface area contributed by atoms with Crippen LogP contribution in [0.2, 0.25) is 0 Å². The van der Waals surface area contributed by atoms with Gasteiger partial charge in [0.15, 0.2) is 0 Å². The lowest BCUT2D eigenvalue weighted by Gasteiger charge is -2.32. The molecular formula is C31H39N3O5S2. The standard InChI is InChI=1S/C31H39N3O5S2/c1-7-39-29-11-9-8-10-28(29)34(41(37,38)27-18-16-26(40-6)17-19-27)21-30(35)33(24(5)31(36)32-22(2)3)20-25-14-12-23(4)13-15-25/h8-19,22,24H,7,20-21H2,1-6H3,(H,32,36). The average molecular weight is 598 g/mol. The Morgan fingerprint density at radius 1 is 0.951 bits per heavy atom. The highest BCUT2D eigenvalue weighted by Crippen LogP contribution is 2.33. The van der Waals surface area contributed by atoms with Gasteiger partial charge in [-0.2, -0.15) is 0 Å². The number of thioether (sulfide) groups is 1. The first-order valence-electron chi connectivity index (χ1n) is 13.5. The van der Waals surface area contributed by atoms with Gasteiger partial charge in [0, 0.05) is 17.5 Å².